The van der Waals surface area contributed by atoms with Crippen molar-refractivity contribution in [3.05, 3.63) is 108 Å². The summed E-state index contributed by atoms with van der Waals surface area (Å²) < 4.78 is 1.76. The summed E-state index contributed by atoms with van der Waals surface area (Å²) in [5, 5.41) is 7.26. The van der Waals surface area contributed by atoms with Crippen molar-refractivity contribution in [2.45, 2.75) is 18.9 Å². The average molecular weight is 396 g/mol. The van der Waals surface area contributed by atoms with Crippen LogP contribution < -0.4 is 5.32 Å². The van der Waals surface area contributed by atoms with Crippen molar-refractivity contribution < 1.29 is 4.79 Å². The lowest BCUT2D eigenvalue weighted by Crippen LogP contribution is -2.25. The van der Waals surface area contributed by atoms with E-state index in [1.54, 1.807) is 10.9 Å². The molecule has 0 saturated carbocycles. The number of aromatic nitrogens is 3. The lowest BCUT2D eigenvalue weighted by molar-refractivity contribution is -0.121. The summed E-state index contributed by atoms with van der Waals surface area (Å²) in [6.07, 6.45) is 7.74. The van der Waals surface area contributed by atoms with Gasteiger partial charge in [0, 0.05) is 55.6 Å². The highest BCUT2D eigenvalue weighted by Crippen LogP contribution is 2.27. The van der Waals surface area contributed by atoms with Crippen LogP contribution in [0.1, 0.15) is 29.0 Å². The number of aryl methyl sites for hydroxylation is 1. The fourth-order valence-corrected chi connectivity index (χ4v) is 3.57. The first-order chi connectivity index (χ1) is 14.7. The van der Waals surface area contributed by atoms with Gasteiger partial charge in [-0.25, -0.2) is 0 Å². The van der Waals surface area contributed by atoms with E-state index in [0.717, 1.165) is 27.8 Å². The number of benzene rings is 2. The van der Waals surface area contributed by atoms with Crippen molar-refractivity contribution in [2.24, 2.45) is 7.05 Å². The molecule has 1 N–H and O–H groups in total. The van der Waals surface area contributed by atoms with Gasteiger partial charge in [0.2, 0.25) is 5.91 Å². The number of pyridine rings is 1. The van der Waals surface area contributed by atoms with Crippen molar-refractivity contribution in [3.63, 3.8) is 0 Å². The van der Waals surface area contributed by atoms with E-state index in [0.29, 0.717) is 13.0 Å². The molecule has 0 radical (unpaired) electrons. The summed E-state index contributed by atoms with van der Waals surface area (Å²) in [7, 11) is 1.89. The molecule has 150 valence electrons. The van der Waals surface area contributed by atoms with Gasteiger partial charge in [0.1, 0.15) is 0 Å². The first-order valence-corrected chi connectivity index (χ1v) is 9.98. The second-order valence-electron chi connectivity index (χ2n) is 7.34. The number of nitrogens with one attached hydrogen (secondary N) is 1. The molecule has 5 nitrogen and oxygen atoms in total. The van der Waals surface area contributed by atoms with Crippen LogP contribution in [0.25, 0.3) is 11.1 Å². The number of rotatable bonds is 7. The third kappa shape index (κ3) is 4.81. The molecule has 4 rings (SSSR count). The van der Waals surface area contributed by atoms with E-state index >= 15 is 0 Å². The van der Waals surface area contributed by atoms with Gasteiger partial charge in [-0.1, -0.05) is 60.7 Å². The number of carbonyl (C=O) groups excluding carboxylic acids is 1. The largest absolute Gasteiger partial charge is 0.352 e. The molecule has 2 heterocycles. The summed E-state index contributed by atoms with van der Waals surface area (Å²) in [5.41, 5.74) is 5.23. The molecule has 2 aromatic heterocycles. The minimum absolute atomic E-state index is 0.0134. The van der Waals surface area contributed by atoms with E-state index in [1.807, 2.05) is 68.1 Å². The highest BCUT2D eigenvalue weighted by molar-refractivity contribution is 5.77. The number of hydrogen-bond acceptors (Lipinski definition) is 3. The minimum atomic E-state index is 0.0134. The Balaban J connectivity index is 1.44. The molecule has 30 heavy (non-hydrogen) atoms. The zero-order valence-electron chi connectivity index (χ0n) is 16.9. The summed E-state index contributed by atoms with van der Waals surface area (Å²) in [5.74, 6) is 0.0340. The first kappa shape index (κ1) is 19.6. The fraction of sp³-hybridized carbons (Fsp3) is 0.160. The Kier molecular flexibility index (Phi) is 5.99. The Morgan fingerprint density at radius 2 is 1.60 bits per heavy atom. The summed E-state index contributed by atoms with van der Waals surface area (Å²) in [6, 6.07) is 22.4. The molecule has 0 spiro atoms. The second-order valence-corrected chi connectivity index (χ2v) is 7.34. The van der Waals surface area contributed by atoms with E-state index in [-0.39, 0.29) is 11.8 Å². The molecule has 0 fully saturated rings. The van der Waals surface area contributed by atoms with Crippen LogP contribution in [0.4, 0.5) is 0 Å². The maximum absolute atomic E-state index is 12.8. The van der Waals surface area contributed by atoms with Crippen LogP contribution in [-0.4, -0.2) is 20.7 Å². The maximum atomic E-state index is 12.8. The Morgan fingerprint density at radius 1 is 0.933 bits per heavy atom. The van der Waals surface area contributed by atoms with Crippen LogP contribution in [0.2, 0.25) is 0 Å². The summed E-state index contributed by atoms with van der Waals surface area (Å²) in [4.78, 5) is 17.1. The van der Waals surface area contributed by atoms with Gasteiger partial charge in [-0.05, 0) is 22.8 Å². The predicted molar refractivity (Wildman–Crippen MR) is 118 cm³/mol. The zero-order valence-corrected chi connectivity index (χ0v) is 16.9. The lowest BCUT2D eigenvalue weighted by atomic mass is 9.88. The SMILES string of the molecule is Cn1cc(-c2cncc(CNC(=O)CC(c3ccccc3)c3ccccc3)c2)cn1. The molecule has 1 amide bonds. The quantitative estimate of drug-likeness (QED) is 0.506. The van der Waals surface area contributed by atoms with E-state index in [1.165, 1.54) is 0 Å². The smallest absolute Gasteiger partial charge is 0.221 e. The van der Waals surface area contributed by atoms with Crippen molar-refractivity contribution in [1.82, 2.24) is 20.1 Å². The summed E-state index contributed by atoms with van der Waals surface area (Å²) in [6.45, 7) is 0.441. The normalized spacial score (nSPS) is 10.9. The van der Waals surface area contributed by atoms with E-state index in [9.17, 15) is 4.79 Å². The van der Waals surface area contributed by atoms with Gasteiger partial charge >= 0.3 is 0 Å². The lowest BCUT2D eigenvalue weighted by Gasteiger charge is -2.18. The summed E-state index contributed by atoms with van der Waals surface area (Å²) >= 11 is 0. The average Bonchev–Trinajstić information content (AvgIpc) is 3.24. The molecular weight excluding hydrogens is 372 g/mol. The van der Waals surface area contributed by atoms with Crippen LogP contribution in [0, 0.1) is 0 Å². The van der Waals surface area contributed by atoms with Gasteiger partial charge in [0.05, 0.1) is 6.20 Å². The standard InChI is InChI=1S/C25H24N4O/c1-29-18-23(17-28-29)22-12-19(14-26-16-22)15-27-25(30)13-24(20-8-4-2-5-9-20)21-10-6-3-7-11-21/h2-12,14,16-18,24H,13,15H2,1H3,(H,27,30). The van der Waals surface area contributed by atoms with Crippen LogP contribution >= 0.6 is 0 Å². The van der Waals surface area contributed by atoms with Gasteiger partial charge in [-0.15, -0.1) is 0 Å². The molecular formula is C25H24N4O. The van der Waals surface area contributed by atoms with Crippen molar-refractivity contribution in [2.75, 3.05) is 0 Å². The zero-order chi connectivity index (χ0) is 20.8. The highest BCUT2D eigenvalue weighted by Gasteiger charge is 2.18. The number of hydrogen-bond donors (Lipinski definition) is 1. The van der Waals surface area contributed by atoms with Crippen LogP contribution in [-0.2, 0) is 18.4 Å². The monoisotopic (exact) mass is 396 g/mol. The van der Waals surface area contributed by atoms with Crippen molar-refractivity contribution in [3.8, 4) is 11.1 Å². The Labute approximate surface area is 176 Å². The Bertz CT molecular complexity index is 1070. The molecule has 0 aliphatic rings. The van der Waals surface area contributed by atoms with Crippen LogP contribution in [0.3, 0.4) is 0 Å². The third-order valence-electron chi connectivity index (χ3n) is 5.12. The fourth-order valence-electron chi connectivity index (χ4n) is 3.57. The topological polar surface area (TPSA) is 59.8 Å². The number of nitrogens with zero attached hydrogens (tertiary/aromatic N) is 3. The molecule has 0 bridgehead atoms. The van der Waals surface area contributed by atoms with E-state index < -0.39 is 0 Å². The highest BCUT2D eigenvalue weighted by atomic mass is 16.1. The van der Waals surface area contributed by atoms with Gasteiger partial charge in [-0.3, -0.25) is 14.5 Å². The Hall–Kier alpha value is -3.73. The van der Waals surface area contributed by atoms with Crippen LogP contribution in [0.15, 0.2) is 91.5 Å². The molecule has 0 unspecified atom stereocenters. The van der Waals surface area contributed by atoms with Crippen molar-refractivity contribution >= 4 is 5.91 Å². The van der Waals surface area contributed by atoms with Gasteiger partial charge < -0.3 is 5.32 Å². The molecule has 0 aliphatic heterocycles. The predicted octanol–water partition coefficient (Wildman–Crippen LogP) is 4.32. The Morgan fingerprint density at radius 3 is 2.20 bits per heavy atom. The van der Waals surface area contributed by atoms with Gasteiger partial charge in [0.15, 0.2) is 0 Å². The maximum Gasteiger partial charge on any atom is 0.221 e. The van der Waals surface area contributed by atoms with E-state index in [2.05, 4.69) is 39.7 Å². The minimum Gasteiger partial charge on any atom is -0.352 e. The van der Waals surface area contributed by atoms with Crippen LogP contribution in [0.5, 0.6) is 0 Å². The van der Waals surface area contributed by atoms with Crippen molar-refractivity contribution in [1.29, 1.82) is 0 Å². The van der Waals surface area contributed by atoms with Gasteiger partial charge in [-0.2, -0.15) is 5.10 Å². The third-order valence-corrected chi connectivity index (χ3v) is 5.12. The first-order valence-electron chi connectivity index (χ1n) is 9.98. The molecule has 0 saturated heterocycles. The number of amides is 1. The molecule has 5 heteroatoms. The molecule has 2 aromatic carbocycles. The molecule has 4 aromatic rings. The number of carbonyl (C=O) groups is 1. The van der Waals surface area contributed by atoms with E-state index in [4.69, 9.17) is 0 Å². The second kappa shape index (κ2) is 9.18. The van der Waals surface area contributed by atoms with Gasteiger partial charge in [0.25, 0.3) is 0 Å². The molecule has 0 aliphatic carbocycles. The molecule has 0 atom stereocenters.